The van der Waals surface area contributed by atoms with Crippen LogP contribution in [0.3, 0.4) is 0 Å². The lowest BCUT2D eigenvalue weighted by molar-refractivity contribution is 0.284. The number of halogens is 1. The maximum Gasteiger partial charge on any atom is 0.161 e. The van der Waals surface area contributed by atoms with Gasteiger partial charge in [0.2, 0.25) is 0 Å². The van der Waals surface area contributed by atoms with Crippen LogP contribution in [-0.2, 0) is 13.2 Å². The van der Waals surface area contributed by atoms with Gasteiger partial charge in [-0.1, -0.05) is 35.9 Å². The second-order valence-electron chi connectivity index (χ2n) is 5.95. The van der Waals surface area contributed by atoms with Gasteiger partial charge in [-0.25, -0.2) is 0 Å². The van der Waals surface area contributed by atoms with E-state index in [1.807, 2.05) is 66.7 Å². The standard InChI is InChI=1S/C22H22ClNO3/c1-25-19-10-8-18(9-11-19)24-14-16-7-12-21(22(13-16)26-2)27-15-17-5-3-4-6-20(17)23/h3-13,24H,14-15H2,1-2H3. The molecular formula is C22H22ClNO3. The van der Waals surface area contributed by atoms with Crippen LogP contribution >= 0.6 is 11.6 Å². The maximum absolute atomic E-state index is 6.18. The monoisotopic (exact) mass is 383 g/mol. The molecule has 3 aromatic carbocycles. The van der Waals surface area contributed by atoms with Crippen molar-refractivity contribution < 1.29 is 14.2 Å². The summed E-state index contributed by atoms with van der Waals surface area (Å²) >= 11 is 6.18. The Morgan fingerprint density at radius 3 is 2.33 bits per heavy atom. The summed E-state index contributed by atoms with van der Waals surface area (Å²) in [6, 6.07) is 21.4. The molecule has 0 aromatic heterocycles. The van der Waals surface area contributed by atoms with Crippen LogP contribution in [0.5, 0.6) is 17.2 Å². The van der Waals surface area contributed by atoms with Gasteiger partial charge in [0.05, 0.1) is 14.2 Å². The Kier molecular flexibility index (Phi) is 6.44. The second-order valence-corrected chi connectivity index (χ2v) is 6.35. The number of rotatable bonds is 8. The van der Waals surface area contributed by atoms with E-state index < -0.39 is 0 Å². The molecule has 0 aliphatic carbocycles. The molecule has 140 valence electrons. The van der Waals surface area contributed by atoms with Gasteiger partial charge in [0.15, 0.2) is 11.5 Å². The van der Waals surface area contributed by atoms with Crippen LogP contribution in [-0.4, -0.2) is 14.2 Å². The smallest absolute Gasteiger partial charge is 0.161 e. The van der Waals surface area contributed by atoms with Crippen molar-refractivity contribution in [2.75, 3.05) is 19.5 Å². The molecule has 0 unspecified atom stereocenters. The first kappa shape index (κ1) is 18.9. The van der Waals surface area contributed by atoms with Gasteiger partial charge in [-0.15, -0.1) is 0 Å². The van der Waals surface area contributed by atoms with Crippen molar-refractivity contribution >= 4 is 17.3 Å². The second kappa shape index (κ2) is 9.19. The van der Waals surface area contributed by atoms with E-state index >= 15 is 0 Å². The highest BCUT2D eigenvalue weighted by Gasteiger charge is 2.08. The van der Waals surface area contributed by atoms with Gasteiger partial charge in [-0.2, -0.15) is 0 Å². The summed E-state index contributed by atoms with van der Waals surface area (Å²) in [7, 11) is 3.29. The summed E-state index contributed by atoms with van der Waals surface area (Å²) in [6.45, 7) is 1.06. The molecule has 0 bridgehead atoms. The van der Waals surface area contributed by atoms with Crippen molar-refractivity contribution in [1.29, 1.82) is 0 Å². The average Bonchev–Trinajstić information content (AvgIpc) is 2.72. The lowest BCUT2D eigenvalue weighted by atomic mass is 10.2. The number of benzene rings is 3. The first-order chi connectivity index (χ1) is 13.2. The van der Waals surface area contributed by atoms with E-state index in [1.165, 1.54) is 0 Å². The summed E-state index contributed by atoms with van der Waals surface area (Å²) in [5.41, 5.74) is 3.05. The molecule has 0 radical (unpaired) electrons. The molecule has 0 aliphatic heterocycles. The SMILES string of the molecule is COc1ccc(NCc2ccc(OCc3ccccc3Cl)c(OC)c2)cc1. The van der Waals surface area contributed by atoms with Crippen molar-refractivity contribution in [3.63, 3.8) is 0 Å². The molecule has 0 heterocycles. The first-order valence-electron chi connectivity index (χ1n) is 8.60. The quantitative estimate of drug-likeness (QED) is 0.553. The van der Waals surface area contributed by atoms with Crippen LogP contribution in [0.1, 0.15) is 11.1 Å². The van der Waals surface area contributed by atoms with Gasteiger partial charge in [0.1, 0.15) is 12.4 Å². The Morgan fingerprint density at radius 2 is 1.63 bits per heavy atom. The van der Waals surface area contributed by atoms with Crippen molar-refractivity contribution in [2.24, 2.45) is 0 Å². The number of hydrogen-bond donors (Lipinski definition) is 1. The third-order valence-corrected chi connectivity index (χ3v) is 4.52. The van der Waals surface area contributed by atoms with Crippen molar-refractivity contribution in [2.45, 2.75) is 13.2 Å². The molecule has 0 aliphatic rings. The van der Waals surface area contributed by atoms with E-state index in [1.54, 1.807) is 14.2 Å². The Bertz CT molecular complexity index is 881. The average molecular weight is 384 g/mol. The molecule has 0 fully saturated rings. The predicted molar refractivity (Wildman–Crippen MR) is 109 cm³/mol. The highest BCUT2D eigenvalue weighted by atomic mass is 35.5. The minimum atomic E-state index is 0.388. The first-order valence-corrected chi connectivity index (χ1v) is 8.98. The Morgan fingerprint density at radius 1 is 0.852 bits per heavy atom. The van der Waals surface area contributed by atoms with Crippen molar-refractivity contribution in [3.05, 3.63) is 82.9 Å². The van der Waals surface area contributed by atoms with Gasteiger partial charge in [-0.3, -0.25) is 0 Å². The largest absolute Gasteiger partial charge is 0.497 e. The number of anilines is 1. The molecule has 0 atom stereocenters. The van der Waals surface area contributed by atoms with Gasteiger partial charge in [-0.05, 0) is 48.0 Å². The Labute approximate surface area is 164 Å². The molecule has 3 aromatic rings. The third-order valence-electron chi connectivity index (χ3n) is 4.16. The van der Waals surface area contributed by atoms with E-state index in [0.717, 1.165) is 22.6 Å². The zero-order valence-electron chi connectivity index (χ0n) is 15.4. The molecule has 0 saturated heterocycles. The van der Waals surface area contributed by atoms with Crippen molar-refractivity contribution in [1.82, 2.24) is 0 Å². The van der Waals surface area contributed by atoms with Gasteiger partial charge in [0.25, 0.3) is 0 Å². The Balaban J connectivity index is 1.63. The predicted octanol–water partition coefficient (Wildman–Crippen LogP) is 5.55. The van der Waals surface area contributed by atoms with Crippen LogP contribution in [0.2, 0.25) is 5.02 Å². The summed E-state index contributed by atoms with van der Waals surface area (Å²) in [4.78, 5) is 0. The summed E-state index contributed by atoms with van der Waals surface area (Å²) in [5, 5.41) is 4.07. The normalized spacial score (nSPS) is 10.3. The maximum atomic E-state index is 6.18. The molecular weight excluding hydrogens is 362 g/mol. The molecule has 4 nitrogen and oxygen atoms in total. The molecule has 0 spiro atoms. The van der Waals surface area contributed by atoms with Crippen LogP contribution in [0.15, 0.2) is 66.7 Å². The van der Waals surface area contributed by atoms with Crippen LogP contribution in [0.25, 0.3) is 0 Å². The zero-order valence-corrected chi connectivity index (χ0v) is 16.1. The molecule has 0 saturated carbocycles. The summed E-state index contributed by atoms with van der Waals surface area (Å²) < 4.78 is 16.6. The van der Waals surface area contributed by atoms with Gasteiger partial charge >= 0.3 is 0 Å². The van der Waals surface area contributed by atoms with Crippen molar-refractivity contribution in [3.8, 4) is 17.2 Å². The molecule has 0 amide bonds. The Hall–Kier alpha value is -2.85. The lowest BCUT2D eigenvalue weighted by Crippen LogP contribution is -2.02. The number of hydrogen-bond acceptors (Lipinski definition) is 4. The lowest BCUT2D eigenvalue weighted by Gasteiger charge is -2.14. The fourth-order valence-corrected chi connectivity index (χ4v) is 2.82. The van der Waals surface area contributed by atoms with E-state index in [2.05, 4.69) is 5.32 Å². The van der Waals surface area contributed by atoms with Gasteiger partial charge < -0.3 is 19.5 Å². The number of methoxy groups -OCH3 is 2. The van der Waals surface area contributed by atoms with Crippen LogP contribution < -0.4 is 19.5 Å². The van der Waals surface area contributed by atoms with E-state index in [0.29, 0.717) is 29.7 Å². The molecule has 5 heteroatoms. The zero-order chi connectivity index (χ0) is 19.1. The molecule has 27 heavy (non-hydrogen) atoms. The molecule has 3 rings (SSSR count). The van der Waals surface area contributed by atoms with Crippen LogP contribution in [0.4, 0.5) is 5.69 Å². The van der Waals surface area contributed by atoms with E-state index in [4.69, 9.17) is 25.8 Å². The minimum absolute atomic E-state index is 0.388. The van der Waals surface area contributed by atoms with E-state index in [-0.39, 0.29) is 0 Å². The topological polar surface area (TPSA) is 39.7 Å². The highest BCUT2D eigenvalue weighted by Crippen LogP contribution is 2.30. The summed E-state index contributed by atoms with van der Waals surface area (Å²) in [6.07, 6.45) is 0. The van der Waals surface area contributed by atoms with Crippen LogP contribution in [0, 0.1) is 0 Å². The number of nitrogens with one attached hydrogen (secondary N) is 1. The fraction of sp³-hybridized carbons (Fsp3) is 0.182. The summed E-state index contributed by atoms with van der Waals surface area (Å²) in [5.74, 6) is 2.21. The number of ether oxygens (including phenoxy) is 3. The third kappa shape index (κ3) is 5.08. The minimum Gasteiger partial charge on any atom is -0.497 e. The van der Waals surface area contributed by atoms with E-state index in [9.17, 15) is 0 Å². The van der Waals surface area contributed by atoms with Gasteiger partial charge in [0, 0.05) is 22.8 Å². The fourth-order valence-electron chi connectivity index (χ4n) is 2.63. The molecule has 1 N–H and O–H groups in total. The highest BCUT2D eigenvalue weighted by molar-refractivity contribution is 6.31.